The van der Waals surface area contributed by atoms with Gasteiger partial charge in [0.1, 0.15) is 5.75 Å². The van der Waals surface area contributed by atoms with Gasteiger partial charge in [-0.05, 0) is 20.0 Å². The van der Waals surface area contributed by atoms with Crippen molar-refractivity contribution in [2.75, 3.05) is 33.4 Å². The van der Waals surface area contributed by atoms with E-state index in [0.717, 1.165) is 31.0 Å². The molecule has 100 valence electrons. The predicted molar refractivity (Wildman–Crippen MR) is 71.8 cm³/mol. The Morgan fingerprint density at radius 3 is 3.00 bits per heavy atom. The average molecular weight is 250 g/mol. The van der Waals surface area contributed by atoms with Crippen molar-refractivity contribution < 1.29 is 9.47 Å². The lowest BCUT2D eigenvalue weighted by molar-refractivity contribution is -0.0329. The molecule has 2 unspecified atom stereocenters. The zero-order chi connectivity index (χ0) is 13.0. The normalized spacial score (nSPS) is 22.7. The van der Waals surface area contributed by atoms with Crippen LogP contribution in [-0.2, 0) is 4.74 Å². The summed E-state index contributed by atoms with van der Waals surface area (Å²) in [4.78, 5) is 2.25. The van der Waals surface area contributed by atoms with Crippen LogP contribution in [-0.4, -0.2) is 44.4 Å². The third kappa shape index (κ3) is 3.02. The summed E-state index contributed by atoms with van der Waals surface area (Å²) in [5, 5.41) is 0. The van der Waals surface area contributed by atoms with Gasteiger partial charge in [-0.3, -0.25) is 0 Å². The topological polar surface area (TPSA) is 47.7 Å². The number of para-hydroxylation sites is 1. The van der Waals surface area contributed by atoms with Crippen LogP contribution in [0.5, 0.6) is 5.75 Å². The second kappa shape index (κ2) is 6.18. The number of benzene rings is 1. The van der Waals surface area contributed by atoms with Gasteiger partial charge in [0, 0.05) is 18.7 Å². The fourth-order valence-corrected chi connectivity index (χ4v) is 2.27. The van der Waals surface area contributed by atoms with E-state index in [-0.39, 0.29) is 12.1 Å². The van der Waals surface area contributed by atoms with Gasteiger partial charge in [-0.15, -0.1) is 0 Å². The minimum Gasteiger partial charge on any atom is -0.494 e. The van der Waals surface area contributed by atoms with Gasteiger partial charge in [0.05, 0.1) is 25.4 Å². The Morgan fingerprint density at radius 2 is 2.28 bits per heavy atom. The first-order valence-corrected chi connectivity index (χ1v) is 6.49. The molecule has 1 fully saturated rings. The maximum atomic E-state index is 6.33. The molecule has 1 aromatic rings. The quantitative estimate of drug-likeness (QED) is 0.878. The molecular weight excluding hydrogens is 228 g/mol. The van der Waals surface area contributed by atoms with Crippen LogP contribution in [0.15, 0.2) is 24.3 Å². The third-order valence-corrected chi connectivity index (χ3v) is 3.28. The highest BCUT2D eigenvalue weighted by atomic mass is 16.5. The molecule has 4 heteroatoms. The lowest BCUT2D eigenvalue weighted by Gasteiger charge is -2.34. The fourth-order valence-electron chi connectivity index (χ4n) is 2.27. The first-order chi connectivity index (χ1) is 8.72. The van der Waals surface area contributed by atoms with Crippen LogP contribution in [0.1, 0.15) is 18.5 Å². The Morgan fingerprint density at radius 1 is 1.50 bits per heavy atom. The summed E-state index contributed by atoms with van der Waals surface area (Å²) in [6, 6.07) is 7.80. The minimum absolute atomic E-state index is 0.0327. The molecule has 0 spiro atoms. The number of nitrogens with two attached hydrogens (primary N) is 1. The molecule has 2 N–H and O–H groups in total. The van der Waals surface area contributed by atoms with Gasteiger partial charge >= 0.3 is 0 Å². The van der Waals surface area contributed by atoms with Crippen molar-refractivity contribution in [1.29, 1.82) is 0 Å². The van der Waals surface area contributed by atoms with E-state index in [1.807, 2.05) is 31.2 Å². The smallest absolute Gasteiger partial charge is 0.124 e. The van der Waals surface area contributed by atoms with Crippen molar-refractivity contribution in [2.24, 2.45) is 5.73 Å². The molecule has 0 aromatic heterocycles. The van der Waals surface area contributed by atoms with Gasteiger partial charge in [0.25, 0.3) is 0 Å². The standard InChI is InChI=1S/C14H22N2O2/c1-3-17-12-7-5-4-6-11(12)14(15)13-10-16(2)8-9-18-13/h4-7,13-14H,3,8-10,15H2,1-2H3. The summed E-state index contributed by atoms with van der Waals surface area (Å²) >= 11 is 0. The lowest BCUT2D eigenvalue weighted by atomic mass is 10.00. The molecule has 1 aliphatic rings. The van der Waals surface area contributed by atoms with E-state index in [9.17, 15) is 0 Å². The summed E-state index contributed by atoms with van der Waals surface area (Å²) in [7, 11) is 2.09. The van der Waals surface area contributed by atoms with Crippen LogP contribution in [0.3, 0.4) is 0 Å². The molecule has 1 saturated heterocycles. The van der Waals surface area contributed by atoms with Gasteiger partial charge in [0.2, 0.25) is 0 Å². The zero-order valence-electron chi connectivity index (χ0n) is 11.1. The van der Waals surface area contributed by atoms with E-state index in [1.54, 1.807) is 0 Å². The number of morpholine rings is 1. The first kappa shape index (κ1) is 13.3. The van der Waals surface area contributed by atoms with E-state index < -0.39 is 0 Å². The van der Waals surface area contributed by atoms with Crippen LogP contribution in [0.25, 0.3) is 0 Å². The van der Waals surface area contributed by atoms with Crippen LogP contribution in [0.4, 0.5) is 0 Å². The zero-order valence-corrected chi connectivity index (χ0v) is 11.1. The fraction of sp³-hybridized carbons (Fsp3) is 0.571. The summed E-state index contributed by atoms with van der Waals surface area (Å²) in [6.07, 6.45) is 0.0327. The second-order valence-electron chi connectivity index (χ2n) is 4.67. The van der Waals surface area contributed by atoms with Crippen molar-refractivity contribution in [2.45, 2.75) is 19.1 Å². The van der Waals surface area contributed by atoms with Crippen molar-refractivity contribution in [1.82, 2.24) is 4.90 Å². The first-order valence-electron chi connectivity index (χ1n) is 6.49. The Balaban J connectivity index is 2.14. The van der Waals surface area contributed by atoms with Crippen molar-refractivity contribution in [3.8, 4) is 5.75 Å². The largest absolute Gasteiger partial charge is 0.494 e. The Kier molecular flexibility index (Phi) is 4.58. The molecule has 0 bridgehead atoms. The van der Waals surface area contributed by atoms with Gasteiger partial charge in [0.15, 0.2) is 0 Å². The average Bonchev–Trinajstić information content (AvgIpc) is 2.39. The molecule has 0 saturated carbocycles. The SMILES string of the molecule is CCOc1ccccc1C(N)C1CN(C)CCO1. The molecule has 0 aliphatic carbocycles. The summed E-state index contributed by atoms with van der Waals surface area (Å²) in [5.74, 6) is 0.865. The van der Waals surface area contributed by atoms with E-state index >= 15 is 0 Å². The van der Waals surface area contributed by atoms with E-state index in [1.165, 1.54) is 0 Å². The Bertz CT molecular complexity index is 384. The number of rotatable bonds is 4. The molecule has 1 aliphatic heterocycles. The van der Waals surface area contributed by atoms with Crippen LogP contribution < -0.4 is 10.5 Å². The second-order valence-corrected chi connectivity index (χ2v) is 4.67. The summed E-state index contributed by atoms with van der Waals surface area (Å²) in [5.41, 5.74) is 7.36. The lowest BCUT2D eigenvalue weighted by Crippen LogP contribution is -2.45. The molecule has 2 rings (SSSR count). The van der Waals surface area contributed by atoms with Gasteiger partial charge in [-0.2, -0.15) is 0 Å². The minimum atomic E-state index is -0.143. The number of hydrogen-bond donors (Lipinski definition) is 1. The number of nitrogens with zero attached hydrogens (tertiary/aromatic N) is 1. The monoisotopic (exact) mass is 250 g/mol. The van der Waals surface area contributed by atoms with Crippen LogP contribution >= 0.6 is 0 Å². The number of likely N-dealkylation sites (N-methyl/N-ethyl adjacent to an activating group) is 1. The Hall–Kier alpha value is -1.10. The maximum absolute atomic E-state index is 6.33. The Labute approximate surface area is 109 Å². The molecule has 1 aromatic carbocycles. The molecule has 4 nitrogen and oxygen atoms in total. The summed E-state index contributed by atoms with van der Waals surface area (Å²) < 4.78 is 11.4. The highest BCUT2D eigenvalue weighted by Gasteiger charge is 2.26. The molecule has 0 amide bonds. The predicted octanol–water partition coefficient (Wildman–Crippen LogP) is 1.42. The van der Waals surface area contributed by atoms with E-state index in [0.29, 0.717) is 6.61 Å². The maximum Gasteiger partial charge on any atom is 0.124 e. The summed E-state index contributed by atoms with van der Waals surface area (Å²) in [6.45, 7) is 5.20. The number of hydrogen-bond acceptors (Lipinski definition) is 4. The van der Waals surface area contributed by atoms with E-state index in [4.69, 9.17) is 15.2 Å². The van der Waals surface area contributed by atoms with Crippen molar-refractivity contribution in [3.05, 3.63) is 29.8 Å². The molecule has 18 heavy (non-hydrogen) atoms. The highest BCUT2D eigenvalue weighted by Crippen LogP contribution is 2.28. The van der Waals surface area contributed by atoms with E-state index in [2.05, 4.69) is 11.9 Å². The number of ether oxygens (including phenoxy) is 2. The van der Waals surface area contributed by atoms with Gasteiger partial charge in [-0.25, -0.2) is 0 Å². The van der Waals surface area contributed by atoms with Crippen LogP contribution in [0.2, 0.25) is 0 Å². The van der Waals surface area contributed by atoms with Gasteiger partial charge in [-0.1, -0.05) is 18.2 Å². The molecule has 2 atom stereocenters. The molecular formula is C14H22N2O2. The van der Waals surface area contributed by atoms with Crippen LogP contribution in [0, 0.1) is 0 Å². The molecule has 1 heterocycles. The highest BCUT2D eigenvalue weighted by molar-refractivity contribution is 5.36. The van der Waals surface area contributed by atoms with Crippen molar-refractivity contribution in [3.63, 3.8) is 0 Å². The third-order valence-electron chi connectivity index (χ3n) is 3.28. The van der Waals surface area contributed by atoms with Gasteiger partial charge < -0.3 is 20.1 Å². The molecule has 0 radical (unpaired) electrons. The van der Waals surface area contributed by atoms with Crippen molar-refractivity contribution >= 4 is 0 Å².